The molecule has 0 heterocycles. The minimum absolute atomic E-state index is 0.153. The Balaban J connectivity index is 2.73. The number of hydrogen-bond donors (Lipinski definition) is 1. The van der Waals surface area contributed by atoms with E-state index in [2.05, 4.69) is 4.74 Å². The maximum absolute atomic E-state index is 13.6. The highest BCUT2D eigenvalue weighted by atomic mass is 19.1. The molecule has 4 heteroatoms. The number of nitrogens with two attached hydrogens (primary N) is 1. The first-order valence-corrected chi connectivity index (χ1v) is 5.19. The van der Waals surface area contributed by atoms with Gasteiger partial charge in [-0.25, -0.2) is 9.18 Å². The summed E-state index contributed by atoms with van der Waals surface area (Å²) in [6.45, 7) is 3.70. The molecule has 0 saturated carbocycles. The van der Waals surface area contributed by atoms with Gasteiger partial charge < -0.3 is 10.5 Å². The van der Waals surface area contributed by atoms with Crippen molar-refractivity contribution in [3.8, 4) is 0 Å². The summed E-state index contributed by atoms with van der Waals surface area (Å²) in [4.78, 5) is 11.1. The topological polar surface area (TPSA) is 52.3 Å². The third-order valence-corrected chi connectivity index (χ3v) is 2.29. The van der Waals surface area contributed by atoms with Gasteiger partial charge in [0.15, 0.2) is 0 Å². The number of ether oxygens (including phenoxy) is 1. The molecule has 0 radical (unpaired) electrons. The van der Waals surface area contributed by atoms with Crippen LogP contribution in [0.4, 0.5) is 4.39 Å². The van der Waals surface area contributed by atoms with Gasteiger partial charge in [-0.3, -0.25) is 0 Å². The first-order chi connectivity index (χ1) is 7.56. The van der Waals surface area contributed by atoms with E-state index in [0.717, 1.165) is 5.56 Å². The van der Waals surface area contributed by atoms with Crippen LogP contribution in [0.3, 0.4) is 0 Å². The van der Waals surface area contributed by atoms with E-state index >= 15 is 0 Å². The second-order valence-electron chi connectivity index (χ2n) is 3.59. The Labute approximate surface area is 94.4 Å². The third-order valence-electron chi connectivity index (χ3n) is 2.29. The summed E-state index contributed by atoms with van der Waals surface area (Å²) in [5.74, 6) is -0.907. The molecular formula is C12H16FNO2. The Morgan fingerprint density at radius 2 is 2.00 bits per heavy atom. The molecule has 0 spiro atoms. The molecule has 2 atom stereocenters. The van der Waals surface area contributed by atoms with Crippen molar-refractivity contribution in [1.82, 2.24) is 0 Å². The predicted molar refractivity (Wildman–Crippen MR) is 59.6 cm³/mol. The van der Waals surface area contributed by atoms with E-state index in [0.29, 0.717) is 5.56 Å². The number of carbonyl (C=O) groups excluding carboxylic acids is 1. The fraction of sp³-hybridized carbons (Fsp3) is 0.417. The van der Waals surface area contributed by atoms with Crippen molar-refractivity contribution in [2.24, 2.45) is 5.73 Å². The van der Waals surface area contributed by atoms with Crippen LogP contribution in [0.15, 0.2) is 24.3 Å². The lowest BCUT2D eigenvalue weighted by Gasteiger charge is -2.15. The Morgan fingerprint density at radius 3 is 2.50 bits per heavy atom. The van der Waals surface area contributed by atoms with E-state index in [-0.39, 0.29) is 6.61 Å². The highest BCUT2D eigenvalue weighted by Gasteiger charge is 2.27. The third kappa shape index (κ3) is 3.03. The van der Waals surface area contributed by atoms with Gasteiger partial charge in [0.25, 0.3) is 0 Å². The van der Waals surface area contributed by atoms with Crippen LogP contribution in [0.2, 0.25) is 0 Å². The zero-order valence-electron chi connectivity index (χ0n) is 9.44. The van der Waals surface area contributed by atoms with Crippen LogP contribution in [0, 0.1) is 6.92 Å². The lowest BCUT2D eigenvalue weighted by atomic mass is 10.0. The predicted octanol–water partition coefficient (Wildman–Crippen LogP) is 1.90. The number of alkyl halides is 1. The molecule has 0 aromatic heterocycles. The average Bonchev–Trinajstić information content (AvgIpc) is 2.28. The van der Waals surface area contributed by atoms with Crippen LogP contribution in [0.1, 0.15) is 24.1 Å². The second kappa shape index (κ2) is 5.61. The van der Waals surface area contributed by atoms with E-state index in [1.807, 2.05) is 19.1 Å². The van der Waals surface area contributed by atoms with Crippen molar-refractivity contribution in [1.29, 1.82) is 0 Å². The molecular weight excluding hydrogens is 209 g/mol. The quantitative estimate of drug-likeness (QED) is 0.796. The number of esters is 1. The van der Waals surface area contributed by atoms with Crippen LogP contribution >= 0.6 is 0 Å². The van der Waals surface area contributed by atoms with Gasteiger partial charge in [-0.15, -0.1) is 0 Å². The Kier molecular flexibility index (Phi) is 4.43. The molecule has 0 aliphatic carbocycles. The minimum Gasteiger partial charge on any atom is -0.464 e. The Bertz CT molecular complexity index is 351. The van der Waals surface area contributed by atoms with Crippen LogP contribution in [-0.4, -0.2) is 18.7 Å². The van der Waals surface area contributed by atoms with E-state index in [1.165, 1.54) is 0 Å². The summed E-state index contributed by atoms with van der Waals surface area (Å²) in [6, 6.07) is 6.11. The van der Waals surface area contributed by atoms with Crippen LogP contribution in [-0.2, 0) is 9.53 Å². The molecule has 0 fully saturated rings. The second-order valence-corrected chi connectivity index (χ2v) is 3.59. The van der Waals surface area contributed by atoms with Crippen molar-refractivity contribution in [3.63, 3.8) is 0 Å². The van der Waals surface area contributed by atoms with E-state index in [4.69, 9.17) is 5.73 Å². The lowest BCUT2D eigenvalue weighted by molar-refractivity contribution is -0.149. The number of hydrogen-bond acceptors (Lipinski definition) is 3. The first-order valence-electron chi connectivity index (χ1n) is 5.19. The summed E-state index contributed by atoms with van der Waals surface area (Å²) in [6.07, 6.45) is -1.82. The zero-order chi connectivity index (χ0) is 12.1. The zero-order valence-corrected chi connectivity index (χ0v) is 9.44. The molecule has 1 aromatic carbocycles. The standard InChI is InChI=1S/C12H16FNO2/c1-3-16-12(15)10(13)11(14)9-6-4-8(2)5-7-9/h4-7,10-11H,3,14H2,1-2H3/t10?,11-/m1/s1. The van der Waals surface area contributed by atoms with Gasteiger partial charge in [0.2, 0.25) is 6.17 Å². The van der Waals surface area contributed by atoms with Gasteiger partial charge in [0, 0.05) is 0 Å². The van der Waals surface area contributed by atoms with Gasteiger partial charge in [-0.2, -0.15) is 0 Å². The number of aryl methyl sites for hydroxylation is 1. The molecule has 3 nitrogen and oxygen atoms in total. The van der Waals surface area contributed by atoms with Crippen molar-refractivity contribution in [3.05, 3.63) is 35.4 Å². The molecule has 16 heavy (non-hydrogen) atoms. The van der Waals surface area contributed by atoms with Crippen LogP contribution in [0.25, 0.3) is 0 Å². The maximum atomic E-state index is 13.6. The molecule has 0 bridgehead atoms. The molecule has 1 rings (SSSR count). The Hall–Kier alpha value is -1.42. The SMILES string of the molecule is CCOC(=O)C(F)[C@H](N)c1ccc(C)cc1. The molecule has 88 valence electrons. The smallest absolute Gasteiger partial charge is 0.342 e. The summed E-state index contributed by atoms with van der Waals surface area (Å²) in [5.41, 5.74) is 7.29. The highest BCUT2D eigenvalue weighted by molar-refractivity contribution is 5.75. The molecule has 0 saturated heterocycles. The Morgan fingerprint density at radius 1 is 1.44 bits per heavy atom. The van der Waals surface area contributed by atoms with E-state index < -0.39 is 18.2 Å². The van der Waals surface area contributed by atoms with Gasteiger partial charge in [0.05, 0.1) is 12.6 Å². The van der Waals surface area contributed by atoms with Crippen molar-refractivity contribution in [2.45, 2.75) is 26.1 Å². The maximum Gasteiger partial charge on any atom is 0.342 e. The largest absolute Gasteiger partial charge is 0.464 e. The van der Waals surface area contributed by atoms with Crippen molar-refractivity contribution < 1.29 is 13.9 Å². The summed E-state index contributed by atoms with van der Waals surface area (Å²) in [5, 5.41) is 0. The first kappa shape index (κ1) is 12.6. The highest BCUT2D eigenvalue weighted by Crippen LogP contribution is 2.18. The van der Waals surface area contributed by atoms with Crippen molar-refractivity contribution >= 4 is 5.97 Å². The minimum atomic E-state index is -1.82. The molecule has 2 N–H and O–H groups in total. The van der Waals surface area contributed by atoms with E-state index in [9.17, 15) is 9.18 Å². The van der Waals surface area contributed by atoms with Gasteiger partial charge in [-0.05, 0) is 19.4 Å². The fourth-order valence-electron chi connectivity index (χ4n) is 1.33. The van der Waals surface area contributed by atoms with Gasteiger partial charge >= 0.3 is 5.97 Å². The normalized spacial score (nSPS) is 14.2. The fourth-order valence-corrected chi connectivity index (χ4v) is 1.33. The van der Waals surface area contributed by atoms with Crippen LogP contribution in [0.5, 0.6) is 0 Å². The summed E-state index contributed by atoms with van der Waals surface area (Å²) < 4.78 is 18.1. The van der Waals surface area contributed by atoms with Crippen LogP contribution < -0.4 is 5.73 Å². The summed E-state index contributed by atoms with van der Waals surface area (Å²) >= 11 is 0. The number of benzene rings is 1. The lowest BCUT2D eigenvalue weighted by Crippen LogP contribution is -2.31. The molecule has 0 aliphatic heterocycles. The average molecular weight is 225 g/mol. The number of carbonyl (C=O) groups is 1. The molecule has 0 amide bonds. The van der Waals surface area contributed by atoms with Gasteiger partial charge in [0.1, 0.15) is 0 Å². The van der Waals surface area contributed by atoms with Gasteiger partial charge in [-0.1, -0.05) is 29.8 Å². The van der Waals surface area contributed by atoms with E-state index in [1.54, 1.807) is 19.1 Å². The molecule has 1 unspecified atom stereocenters. The number of halogens is 1. The number of rotatable bonds is 4. The molecule has 1 aromatic rings. The summed E-state index contributed by atoms with van der Waals surface area (Å²) in [7, 11) is 0. The van der Waals surface area contributed by atoms with Crippen molar-refractivity contribution in [2.75, 3.05) is 6.61 Å². The monoisotopic (exact) mass is 225 g/mol. The molecule has 0 aliphatic rings.